The molecule has 1 aromatic carbocycles. The number of hydrogen-bond acceptors (Lipinski definition) is 5. The number of carbonyl (C=O) groups is 1. The number of nitrogens with one attached hydrogen (secondary N) is 1. The lowest BCUT2D eigenvalue weighted by Crippen LogP contribution is -2.37. The molecule has 0 bridgehead atoms. The predicted octanol–water partition coefficient (Wildman–Crippen LogP) is 1.18. The summed E-state index contributed by atoms with van der Waals surface area (Å²) in [7, 11) is 0. The molecule has 124 valence electrons. The van der Waals surface area contributed by atoms with Gasteiger partial charge in [0.25, 0.3) is 11.7 Å². The van der Waals surface area contributed by atoms with Crippen molar-refractivity contribution in [2.24, 2.45) is 0 Å². The van der Waals surface area contributed by atoms with Gasteiger partial charge in [0, 0.05) is 0 Å². The number of tetrazole rings is 1. The summed E-state index contributed by atoms with van der Waals surface area (Å²) >= 11 is 0. The molecule has 0 saturated heterocycles. The maximum Gasteiger partial charge on any atom is 0.416 e. The standard InChI is InChI=1S/C13H14F3N5O2/c1-2-9(7-22)17-12(23)11-18-20-21(19-11)10-5-3-8(4-6-10)13(14,15)16/h3-6,9,22H,2,7H2,1H3,(H,17,23)/t9-/m1/s1. The first kappa shape index (κ1) is 16.9. The number of alkyl halides is 3. The fraction of sp³-hybridized carbons (Fsp3) is 0.385. The van der Waals surface area contributed by atoms with Crippen LogP contribution in [0.25, 0.3) is 5.69 Å². The van der Waals surface area contributed by atoms with Gasteiger partial charge in [-0.1, -0.05) is 6.92 Å². The van der Waals surface area contributed by atoms with Gasteiger partial charge in [0.2, 0.25) is 0 Å². The fourth-order valence-corrected chi connectivity index (χ4v) is 1.73. The monoisotopic (exact) mass is 329 g/mol. The zero-order valence-electron chi connectivity index (χ0n) is 12.1. The summed E-state index contributed by atoms with van der Waals surface area (Å²) in [6.07, 6.45) is -3.91. The maximum absolute atomic E-state index is 12.5. The van der Waals surface area contributed by atoms with Crippen LogP contribution >= 0.6 is 0 Å². The Kier molecular flexibility index (Phi) is 4.94. The molecule has 1 amide bonds. The molecule has 1 aromatic heterocycles. The number of amides is 1. The second-order valence-corrected chi connectivity index (χ2v) is 4.71. The average molecular weight is 329 g/mol. The highest BCUT2D eigenvalue weighted by Gasteiger charge is 2.30. The summed E-state index contributed by atoms with van der Waals surface area (Å²) < 4.78 is 37.5. The molecule has 0 fully saturated rings. The van der Waals surface area contributed by atoms with Gasteiger partial charge in [-0.05, 0) is 35.9 Å². The van der Waals surface area contributed by atoms with E-state index in [0.717, 1.165) is 16.9 Å². The van der Waals surface area contributed by atoms with Crippen molar-refractivity contribution in [1.29, 1.82) is 0 Å². The highest BCUT2D eigenvalue weighted by atomic mass is 19.4. The van der Waals surface area contributed by atoms with Crippen LogP contribution < -0.4 is 5.32 Å². The first-order chi connectivity index (χ1) is 10.8. The van der Waals surface area contributed by atoms with Crippen molar-refractivity contribution < 1.29 is 23.1 Å². The SMILES string of the molecule is CC[C@H](CO)NC(=O)c1nnn(-c2ccc(C(F)(F)F)cc2)n1. The van der Waals surface area contributed by atoms with Gasteiger partial charge in [0.15, 0.2) is 0 Å². The Morgan fingerprint density at radius 1 is 1.35 bits per heavy atom. The number of aliphatic hydroxyl groups excluding tert-OH is 1. The van der Waals surface area contributed by atoms with Gasteiger partial charge in [-0.15, -0.1) is 15.0 Å². The van der Waals surface area contributed by atoms with E-state index in [1.54, 1.807) is 6.92 Å². The van der Waals surface area contributed by atoms with E-state index in [1.165, 1.54) is 12.1 Å². The normalized spacial score (nSPS) is 12.9. The quantitative estimate of drug-likeness (QED) is 0.859. The molecule has 0 saturated carbocycles. The lowest BCUT2D eigenvalue weighted by atomic mass is 10.2. The molecule has 1 heterocycles. The minimum atomic E-state index is -4.43. The zero-order chi connectivity index (χ0) is 17.0. The Balaban J connectivity index is 2.14. The number of aromatic nitrogens is 4. The highest BCUT2D eigenvalue weighted by molar-refractivity contribution is 5.90. The van der Waals surface area contributed by atoms with Crippen molar-refractivity contribution >= 4 is 5.91 Å². The van der Waals surface area contributed by atoms with Crippen LogP contribution in [0, 0.1) is 0 Å². The molecule has 1 atom stereocenters. The second kappa shape index (κ2) is 6.73. The predicted molar refractivity (Wildman–Crippen MR) is 72.8 cm³/mol. The summed E-state index contributed by atoms with van der Waals surface area (Å²) in [6.45, 7) is 1.56. The summed E-state index contributed by atoms with van der Waals surface area (Å²) in [6, 6.07) is 3.69. The molecule has 0 spiro atoms. The molecule has 2 aromatic rings. The maximum atomic E-state index is 12.5. The van der Waals surface area contributed by atoms with Gasteiger partial charge >= 0.3 is 6.18 Å². The van der Waals surface area contributed by atoms with Crippen LogP contribution in [0.3, 0.4) is 0 Å². The Labute approximate surface area is 129 Å². The number of rotatable bonds is 5. The van der Waals surface area contributed by atoms with Crippen molar-refractivity contribution in [3.8, 4) is 5.69 Å². The number of halogens is 3. The van der Waals surface area contributed by atoms with E-state index in [4.69, 9.17) is 5.11 Å². The average Bonchev–Trinajstić information content (AvgIpc) is 3.01. The van der Waals surface area contributed by atoms with E-state index in [0.29, 0.717) is 6.42 Å². The van der Waals surface area contributed by atoms with Crippen LogP contribution in [0.4, 0.5) is 13.2 Å². The van der Waals surface area contributed by atoms with Crippen LogP contribution in [0.15, 0.2) is 24.3 Å². The smallest absolute Gasteiger partial charge is 0.394 e. The van der Waals surface area contributed by atoms with Gasteiger partial charge in [-0.2, -0.15) is 13.2 Å². The third kappa shape index (κ3) is 4.03. The molecular formula is C13H14F3N5O2. The molecule has 2 rings (SSSR count). The molecule has 10 heteroatoms. The molecule has 23 heavy (non-hydrogen) atoms. The zero-order valence-corrected chi connectivity index (χ0v) is 12.1. The van der Waals surface area contributed by atoms with E-state index in [2.05, 4.69) is 20.7 Å². The molecule has 0 radical (unpaired) electrons. The summed E-state index contributed by atoms with van der Waals surface area (Å²) in [5.74, 6) is -0.860. The van der Waals surface area contributed by atoms with Gasteiger partial charge in [-0.25, -0.2) is 0 Å². The molecule has 0 aliphatic carbocycles. The minimum Gasteiger partial charge on any atom is -0.394 e. The van der Waals surface area contributed by atoms with Crippen molar-refractivity contribution in [3.63, 3.8) is 0 Å². The third-order valence-corrected chi connectivity index (χ3v) is 3.09. The Hall–Kier alpha value is -2.49. The van der Waals surface area contributed by atoms with Crippen molar-refractivity contribution in [2.45, 2.75) is 25.6 Å². The largest absolute Gasteiger partial charge is 0.416 e. The third-order valence-electron chi connectivity index (χ3n) is 3.09. The Bertz CT molecular complexity index is 665. The first-order valence-electron chi connectivity index (χ1n) is 6.74. The van der Waals surface area contributed by atoms with Crippen molar-refractivity contribution in [3.05, 3.63) is 35.7 Å². The van der Waals surface area contributed by atoms with Gasteiger partial charge in [0.1, 0.15) is 0 Å². The van der Waals surface area contributed by atoms with Crippen molar-refractivity contribution in [1.82, 2.24) is 25.5 Å². The lowest BCUT2D eigenvalue weighted by Gasteiger charge is -2.11. The highest BCUT2D eigenvalue weighted by Crippen LogP contribution is 2.29. The van der Waals surface area contributed by atoms with Crippen LogP contribution in [-0.2, 0) is 6.18 Å². The Morgan fingerprint density at radius 2 is 2.00 bits per heavy atom. The topological polar surface area (TPSA) is 92.9 Å². The number of nitrogens with zero attached hydrogens (tertiary/aromatic N) is 4. The van der Waals surface area contributed by atoms with Gasteiger partial charge < -0.3 is 10.4 Å². The van der Waals surface area contributed by atoms with Crippen LogP contribution in [0.1, 0.15) is 29.5 Å². The molecule has 0 aliphatic rings. The first-order valence-corrected chi connectivity index (χ1v) is 6.74. The summed E-state index contributed by atoms with van der Waals surface area (Å²) in [5.41, 5.74) is -0.563. The second-order valence-electron chi connectivity index (χ2n) is 4.71. The van der Waals surface area contributed by atoms with E-state index in [1.807, 2.05) is 0 Å². The van der Waals surface area contributed by atoms with Crippen LogP contribution in [-0.4, -0.2) is 43.9 Å². The van der Waals surface area contributed by atoms with Crippen molar-refractivity contribution in [2.75, 3.05) is 6.61 Å². The summed E-state index contributed by atoms with van der Waals surface area (Å²) in [5, 5.41) is 22.5. The molecular weight excluding hydrogens is 315 g/mol. The number of carbonyl (C=O) groups excluding carboxylic acids is 1. The fourth-order valence-electron chi connectivity index (χ4n) is 1.73. The molecule has 7 nitrogen and oxygen atoms in total. The number of hydrogen-bond donors (Lipinski definition) is 2. The molecule has 2 N–H and O–H groups in total. The van der Waals surface area contributed by atoms with Crippen LogP contribution in [0.5, 0.6) is 0 Å². The van der Waals surface area contributed by atoms with E-state index < -0.39 is 23.7 Å². The molecule has 0 aliphatic heterocycles. The van der Waals surface area contributed by atoms with E-state index in [9.17, 15) is 18.0 Å². The summed E-state index contributed by atoms with van der Waals surface area (Å²) in [4.78, 5) is 12.8. The minimum absolute atomic E-state index is 0.227. The number of benzene rings is 1. The number of aliphatic hydroxyl groups is 1. The van der Waals surface area contributed by atoms with Crippen LogP contribution in [0.2, 0.25) is 0 Å². The Morgan fingerprint density at radius 3 is 2.52 bits per heavy atom. The van der Waals surface area contributed by atoms with Gasteiger partial charge in [0.05, 0.1) is 23.9 Å². The molecule has 0 unspecified atom stereocenters. The van der Waals surface area contributed by atoms with E-state index in [-0.39, 0.29) is 18.1 Å². The van der Waals surface area contributed by atoms with E-state index >= 15 is 0 Å². The lowest BCUT2D eigenvalue weighted by molar-refractivity contribution is -0.137. The van der Waals surface area contributed by atoms with Gasteiger partial charge in [-0.3, -0.25) is 4.79 Å².